The summed E-state index contributed by atoms with van der Waals surface area (Å²) in [5.41, 5.74) is 6.26. The number of primary amides is 1. The number of nitrogens with zero attached hydrogens (tertiary/aromatic N) is 1. The molecule has 118 valence electrons. The van der Waals surface area contributed by atoms with Crippen LogP contribution >= 0.6 is 0 Å². The van der Waals surface area contributed by atoms with Gasteiger partial charge in [-0.1, -0.05) is 24.3 Å². The maximum absolute atomic E-state index is 12.0. The Morgan fingerprint density at radius 3 is 2.59 bits per heavy atom. The first-order valence-electron chi connectivity index (χ1n) is 6.82. The average molecular weight is 306 g/mol. The van der Waals surface area contributed by atoms with Crippen LogP contribution in [-0.2, 0) is 16.2 Å². The van der Waals surface area contributed by atoms with E-state index in [1.54, 1.807) is 43.3 Å². The molecule has 1 aromatic carbocycles. The SMILES string of the molecule is CC1C=CC(CO)ON1C(=O)OCc1ccc(C(N)=O)cc1. The molecule has 0 saturated carbocycles. The van der Waals surface area contributed by atoms with Crippen molar-refractivity contribution in [2.45, 2.75) is 25.7 Å². The Labute approximate surface area is 127 Å². The number of ether oxygens (including phenoxy) is 1. The van der Waals surface area contributed by atoms with E-state index in [1.165, 1.54) is 0 Å². The van der Waals surface area contributed by atoms with Crippen molar-refractivity contribution in [3.8, 4) is 0 Å². The van der Waals surface area contributed by atoms with Crippen molar-refractivity contribution in [2.24, 2.45) is 5.73 Å². The van der Waals surface area contributed by atoms with Gasteiger partial charge >= 0.3 is 6.09 Å². The van der Waals surface area contributed by atoms with Crippen molar-refractivity contribution in [1.29, 1.82) is 0 Å². The number of carbonyl (C=O) groups is 2. The Kier molecular flexibility index (Phi) is 5.13. The largest absolute Gasteiger partial charge is 0.443 e. The van der Waals surface area contributed by atoms with Gasteiger partial charge in [0.1, 0.15) is 12.7 Å². The molecule has 22 heavy (non-hydrogen) atoms. The molecule has 0 spiro atoms. The first-order chi connectivity index (χ1) is 10.5. The van der Waals surface area contributed by atoms with Crippen LogP contribution < -0.4 is 5.73 Å². The number of benzene rings is 1. The fourth-order valence-corrected chi connectivity index (χ4v) is 1.92. The summed E-state index contributed by atoms with van der Waals surface area (Å²) in [7, 11) is 0. The number of nitrogens with two attached hydrogens (primary N) is 1. The molecule has 1 aliphatic heterocycles. The van der Waals surface area contributed by atoms with E-state index in [0.717, 1.165) is 10.6 Å². The highest BCUT2D eigenvalue weighted by Crippen LogP contribution is 2.15. The minimum absolute atomic E-state index is 0.0396. The molecule has 0 fully saturated rings. The molecule has 7 heteroatoms. The first kappa shape index (κ1) is 16.0. The molecule has 7 nitrogen and oxygen atoms in total. The van der Waals surface area contributed by atoms with E-state index in [4.69, 9.17) is 20.4 Å². The molecule has 0 saturated heterocycles. The van der Waals surface area contributed by atoms with Crippen LogP contribution in [-0.4, -0.2) is 40.9 Å². The molecular weight excluding hydrogens is 288 g/mol. The highest BCUT2D eigenvalue weighted by molar-refractivity contribution is 5.92. The van der Waals surface area contributed by atoms with Crippen molar-refractivity contribution in [3.63, 3.8) is 0 Å². The van der Waals surface area contributed by atoms with Crippen molar-refractivity contribution in [2.75, 3.05) is 6.61 Å². The third-order valence-corrected chi connectivity index (χ3v) is 3.18. The fraction of sp³-hybridized carbons (Fsp3) is 0.333. The highest BCUT2D eigenvalue weighted by atomic mass is 16.7. The van der Waals surface area contributed by atoms with Crippen LogP contribution in [0.15, 0.2) is 36.4 Å². The predicted molar refractivity (Wildman–Crippen MR) is 77.5 cm³/mol. The van der Waals surface area contributed by atoms with Gasteiger partial charge in [0.05, 0.1) is 12.6 Å². The summed E-state index contributed by atoms with van der Waals surface area (Å²) in [6.45, 7) is 1.59. The number of aliphatic hydroxyl groups excluding tert-OH is 1. The van der Waals surface area contributed by atoms with Gasteiger partial charge in [0.2, 0.25) is 5.91 Å². The number of carbonyl (C=O) groups excluding carboxylic acids is 2. The van der Waals surface area contributed by atoms with Crippen LogP contribution in [0.25, 0.3) is 0 Å². The van der Waals surface area contributed by atoms with E-state index in [9.17, 15) is 9.59 Å². The van der Waals surface area contributed by atoms with E-state index in [1.807, 2.05) is 0 Å². The molecule has 2 atom stereocenters. The summed E-state index contributed by atoms with van der Waals surface area (Å²) >= 11 is 0. The quantitative estimate of drug-likeness (QED) is 0.807. The third kappa shape index (κ3) is 3.84. The Bertz CT molecular complexity index is 570. The zero-order valence-corrected chi connectivity index (χ0v) is 12.1. The molecule has 1 aromatic rings. The number of aliphatic hydroxyl groups is 1. The van der Waals surface area contributed by atoms with Crippen LogP contribution in [0.2, 0.25) is 0 Å². The monoisotopic (exact) mass is 306 g/mol. The lowest BCUT2D eigenvalue weighted by molar-refractivity contribution is -0.188. The van der Waals surface area contributed by atoms with Gasteiger partial charge in [0, 0.05) is 5.56 Å². The maximum Gasteiger partial charge on any atom is 0.434 e. The highest BCUT2D eigenvalue weighted by Gasteiger charge is 2.27. The molecule has 1 heterocycles. The Balaban J connectivity index is 1.92. The minimum Gasteiger partial charge on any atom is -0.443 e. The summed E-state index contributed by atoms with van der Waals surface area (Å²) in [5, 5.41) is 10.1. The second-order valence-corrected chi connectivity index (χ2v) is 4.89. The zero-order valence-electron chi connectivity index (χ0n) is 12.1. The molecule has 2 amide bonds. The standard InChI is InChI=1S/C15H18N2O5/c1-10-2-7-13(8-18)22-17(10)15(20)21-9-11-3-5-12(6-4-11)14(16)19/h2-7,10,13,18H,8-9H2,1H3,(H2,16,19). The number of hydrogen-bond donors (Lipinski definition) is 2. The van der Waals surface area contributed by atoms with Gasteiger partial charge in [-0.3, -0.25) is 9.63 Å². The molecule has 1 aliphatic rings. The normalized spacial score (nSPS) is 20.7. The lowest BCUT2D eigenvalue weighted by atomic mass is 10.1. The zero-order chi connectivity index (χ0) is 16.1. The second kappa shape index (κ2) is 7.06. The summed E-state index contributed by atoms with van der Waals surface area (Å²) in [6.07, 6.45) is 2.25. The van der Waals surface area contributed by atoms with Crippen LogP contribution in [0.3, 0.4) is 0 Å². The van der Waals surface area contributed by atoms with Gasteiger partial charge in [0.25, 0.3) is 0 Å². The fourth-order valence-electron chi connectivity index (χ4n) is 1.92. The summed E-state index contributed by atoms with van der Waals surface area (Å²) < 4.78 is 5.16. The van der Waals surface area contributed by atoms with Crippen molar-refractivity contribution < 1.29 is 24.3 Å². The van der Waals surface area contributed by atoms with E-state index < -0.39 is 18.1 Å². The Morgan fingerprint density at radius 2 is 2.00 bits per heavy atom. The van der Waals surface area contributed by atoms with Gasteiger partial charge in [-0.2, -0.15) is 5.06 Å². The molecule has 0 aromatic heterocycles. The van der Waals surface area contributed by atoms with Crippen molar-refractivity contribution in [3.05, 3.63) is 47.5 Å². The molecular formula is C15H18N2O5. The number of hydrogen-bond acceptors (Lipinski definition) is 5. The molecule has 3 N–H and O–H groups in total. The van der Waals surface area contributed by atoms with E-state index in [0.29, 0.717) is 5.56 Å². The van der Waals surface area contributed by atoms with Gasteiger partial charge in [-0.25, -0.2) is 4.79 Å². The topological polar surface area (TPSA) is 102 Å². The summed E-state index contributed by atoms with van der Waals surface area (Å²) in [5.74, 6) is -0.513. The van der Waals surface area contributed by atoms with E-state index >= 15 is 0 Å². The minimum atomic E-state index is -0.644. The summed E-state index contributed by atoms with van der Waals surface area (Å²) in [4.78, 5) is 28.3. The second-order valence-electron chi connectivity index (χ2n) is 4.89. The molecule has 0 aliphatic carbocycles. The molecule has 2 unspecified atom stereocenters. The summed E-state index contributed by atoms with van der Waals surface area (Å²) in [6, 6.07) is 6.16. The van der Waals surface area contributed by atoms with Crippen molar-refractivity contribution >= 4 is 12.0 Å². The average Bonchev–Trinajstić information content (AvgIpc) is 2.53. The first-order valence-corrected chi connectivity index (χ1v) is 6.82. The number of amides is 2. The molecule has 0 radical (unpaired) electrons. The van der Waals surface area contributed by atoms with Gasteiger partial charge in [-0.05, 0) is 24.6 Å². The van der Waals surface area contributed by atoms with Crippen LogP contribution in [0.5, 0.6) is 0 Å². The predicted octanol–water partition coefficient (Wildman–Crippen LogP) is 0.975. The van der Waals surface area contributed by atoms with Crippen LogP contribution in [0, 0.1) is 0 Å². The Morgan fingerprint density at radius 1 is 1.32 bits per heavy atom. The van der Waals surface area contributed by atoms with E-state index in [2.05, 4.69) is 0 Å². The van der Waals surface area contributed by atoms with Crippen LogP contribution in [0.1, 0.15) is 22.8 Å². The van der Waals surface area contributed by atoms with Crippen LogP contribution in [0.4, 0.5) is 4.79 Å². The molecule has 0 bridgehead atoms. The third-order valence-electron chi connectivity index (χ3n) is 3.18. The van der Waals surface area contributed by atoms with Crippen molar-refractivity contribution in [1.82, 2.24) is 5.06 Å². The number of rotatable bonds is 4. The number of hydroxylamine groups is 2. The lowest BCUT2D eigenvalue weighted by Gasteiger charge is -2.31. The molecule has 2 rings (SSSR count). The van der Waals surface area contributed by atoms with Gasteiger partial charge in [-0.15, -0.1) is 0 Å². The maximum atomic E-state index is 12.0. The lowest BCUT2D eigenvalue weighted by Crippen LogP contribution is -2.44. The van der Waals surface area contributed by atoms with Gasteiger partial charge < -0.3 is 15.6 Å². The Hall–Kier alpha value is -2.38. The smallest absolute Gasteiger partial charge is 0.434 e. The van der Waals surface area contributed by atoms with Gasteiger partial charge in [0.15, 0.2) is 0 Å². The van der Waals surface area contributed by atoms with E-state index in [-0.39, 0.29) is 19.3 Å².